The molecule has 4 nitrogen and oxygen atoms in total. The van der Waals surface area contributed by atoms with Crippen LogP contribution in [0.4, 0.5) is 0 Å². The summed E-state index contributed by atoms with van der Waals surface area (Å²) in [4.78, 5) is 10.7. The van der Waals surface area contributed by atoms with Crippen LogP contribution in [0, 0.1) is 0 Å². The fourth-order valence-corrected chi connectivity index (χ4v) is 0.973. The van der Waals surface area contributed by atoms with Gasteiger partial charge < -0.3 is 14.3 Å². The molecule has 0 fully saturated rings. The second kappa shape index (κ2) is 4.42. The quantitative estimate of drug-likeness (QED) is 0.469. The lowest BCUT2D eigenvalue weighted by Gasteiger charge is -2.26. The summed E-state index contributed by atoms with van der Waals surface area (Å²) in [6, 6.07) is 0. The summed E-state index contributed by atoms with van der Waals surface area (Å²) in [6.07, 6.45) is -0.538. The van der Waals surface area contributed by atoms with Crippen molar-refractivity contribution in [2.75, 3.05) is 34.8 Å². The maximum Gasteiger partial charge on any atom is 0.308 e. The third-order valence-corrected chi connectivity index (χ3v) is 1.39. The average Bonchev–Trinajstić information content (AvgIpc) is 1.82. The smallest absolute Gasteiger partial charge is 0.308 e. The zero-order valence-corrected chi connectivity index (χ0v) is 8.20. The van der Waals surface area contributed by atoms with Gasteiger partial charge in [-0.1, -0.05) is 0 Å². The highest BCUT2D eigenvalue weighted by molar-refractivity contribution is 5.69. The number of ether oxygens (including phenoxy) is 1. The number of carbonyl (C=O) groups excluding carboxylic acids is 1. The number of methoxy groups -OCH3 is 1. The predicted molar refractivity (Wildman–Crippen MR) is 45.5 cm³/mol. The van der Waals surface area contributed by atoms with Crippen LogP contribution >= 0.6 is 0 Å². The molecule has 0 rings (SSSR count). The molecule has 0 aliphatic rings. The van der Waals surface area contributed by atoms with Crippen molar-refractivity contribution >= 4 is 5.97 Å². The molecule has 0 unspecified atom stereocenters. The van der Waals surface area contributed by atoms with E-state index in [2.05, 4.69) is 4.74 Å². The van der Waals surface area contributed by atoms with Gasteiger partial charge in [-0.2, -0.15) is 0 Å². The van der Waals surface area contributed by atoms with Gasteiger partial charge in [0.25, 0.3) is 0 Å². The summed E-state index contributed by atoms with van der Waals surface area (Å²) in [5.41, 5.74) is 0. The number of likely N-dealkylation sites (N-methyl/N-ethyl adjacent to an activating group) is 1. The fourth-order valence-electron chi connectivity index (χ4n) is 0.973. The van der Waals surface area contributed by atoms with E-state index in [-0.39, 0.29) is 12.4 Å². The Hall–Kier alpha value is -0.610. The monoisotopic (exact) mass is 176 g/mol. The molecule has 0 radical (unpaired) electrons. The minimum atomic E-state index is -0.613. The SMILES string of the molecule is COC(=O)C[C@@H](O)C[N+](C)(C)C. The number of hydrogen-bond donors (Lipinski definition) is 1. The summed E-state index contributed by atoms with van der Waals surface area (Å²) in [5, 5.41) is 9.37. The van der Waals surface area contributed by atoms with Crippen LogP contribution in [0.15, 0.2) is 0 Å². The number of nitrogens with zero attached hydrogens (tertiary/aromatic N) is 1. The summed E-state index contributed by atoms with van der Waals surface area (Å²) in [7, 11) is 7.20. The molecular weight excluding hydrogens is 158 g/mol. The summed E-state index contributed by atoms with van der Waals surface area (Å²) < 4.78 is 5.07. The lowest BCUT2D eigenvalue weighted by atomic mass is 10.2. The van der Waals surface area contributed by atoms with Gasteiger partial charge in [-0.3, -0.25) is 4.79 Å². The molecule has 0 aromatic heterocycles. The van der Waals surface area contributed by atoms with Gasteiger partial charge in [0.05, 0.1) is 34.7 Å². The third-order valence-electron chi connectivity index (χ3n) is 1.39. The topological polar surface area (TPSA) is 46.5 Å². The van der Waals surface area contributed by atoms with E-state index in [1.807, 2.05) is 21.1 Å². The molecule has 1 atom stereocenters. The number of esters is 1. The zero-order chi connectivity index (χ0) is 9.78. The minimum absolute atomic E-state index is 0.0754. The van der Waals surface area contributed by atoms with Gasteiger partial charge in [-0.25, -0.2) is 0 Å². The number of hydrogen-bond acceptors (Lipinski definition) is 3. The van der Waals surface area contributed by atoms with Crippen LogP contribution in [0.2, 0.25) is 0 Å². The molecular formula is C8H18NO3+. The van der Waals surface area contributed by atoms with Gasteiger partial charge in [0.2, 0.25) is 0 Å². The van der Waals surface area contributed by atoms with Gasteiger partial charge in [-0.05, 0) is 0 Å². The Balaban J connectivity index is 3.74. The minimum Gasteiger partial charge on any atom is -0.469 e. The molecule has 1 N–H and O–H groups in total. The van der Waals surface area contributed by atoms with Crippen LogP contribution in [0.25, 0.3) is 0 Å². The van der Waals surface area contributed by atoms with E-state index in [4.69, 9.17) is 0 Å². The number of aliphatic hydroxyl groups excluding tert-OH is 1. The molecule has 0 bridgehead atoms. The number of quaternary nitrogens is 1. The molecule has 0 aliphatic heterocycles. The van der Waals surface area contributed by atoms with Gasteiger partial charge in [0.1, 0.15) is 12.6 Å². The molecule has 0 saturated heterocycles. The maximum atomic E-state index is 10.7. The highest BCUT2D eigenvalue weighted by atomic mass is 16.5. The van der Waals surface area contributed by atoms with Crippen molar-refractivity contribution in [3.8, 4) is 0 Å². The van der Waals surface area contributed by atoms with Crippen molar-refractivity contribution < 1.29 is 19.1 Å². The Bertz CT molecular complexity index is 151. The molecule has 0 aliphatic carbocycles. The second-order valence-corrected chi connectivity index (χ2v) is 3.91. The molecule has 0 amide bonds. The van der Waals surface area contributed by atoms with Crippen molar-refractivity contribution in [3.05, 3.63) is 0 Å². The lowest BCUT2D eigenvalue weighted by Crippen LogP contribution is -2.42. The van der Waals surface area contributed by atoms with E-state index >= 15 is 0 Å². The molecule has 4 heteroatoms. The average molecular weight is 176 g/mol. The Morgan fingerprint density at radius 2 is 2.00 bits per heavy atom. The fraction of sp³-hybridized carbons (Fsp3) is 0.875. The van der Waals surface area contributed by atoms with Crippen LogP contribution in [0.3, 0.4) is 0 Å². The summed E-state index contributed by atoms with van der Waals surface area (Å²) in [5.74, 6) is -0.365. The predicted octanol–water partition coefficient (Wildman–Crippen LogP) is -0.383. The van der Waals surface area contributed by atoms with E-state index in [1.165, 1.54) is 7.11 Å². The molecule has 0 aromatic rings. The lowest BCUT2D eigenvalue weighted by molar-refractivity contribution is -0.873. The first-order valence-corrected chi connectivity index (χ1v) is 3.90. The molecule has 72 valence electrons. The first-order valence-electron chi connectivity index (χ1n) is 3.90. The van der Waals surface area contributed by atoms with E-state index in [0.29, 0.717) is 11.0 Å². The van der Waals surface area contributed by atoms with Gasteiger partial charge in [0, 0.05) is 0 Å². The highest BCUT2D eigenvalue weighted by Crippen LogP contribution is 1.99. The first-order chi connectivity index (χ1) is 5.35. The summed E-state index contributed by atoms with van der Waals surface area (Å²) in [6.45, 7) is 0.551. The van der Waals surface area contributed by atoms with E-state index in [0.717, 1.165) is 0 Å². The van der Waals surface area contributed by atoms with Crippen molar-refractivity contribution in [1.29, 1.82) is 0 Å². The van der Waals surface area contributed by atoms with E-state index in [9.17, 15) is 9.90 Å². The maximum absolute atomic E-state index is 10.7. The normalized spacial score (nSPS) is 14.1. The van der Waals surface area contributed by atoms with Crippen LogP contribution in [-0.2, 0) is 9.53 Å². The van der Waals surface area contributed by atoms with Crippen LogP contribution in [0.1, 0.15) is 6.42 Å². The van der Waals surface area contributed by atoms with Crippen LogP contribution in [0.5, 0.6) is 0 Å². The van der Waals surface area contributed by atoms with Crippen LogP contribution < -0.4 is 0 Å². The number of aliphatic hydroxyl groups is 1. The van der Waals surface area contributed by atoms with Crippen molar-refractivity contribution in [1.82, 2.24) is 0 Å². The number of carbonyl (C=O) groups is 1. The van der Waals surface area contributed by atoms with E-state index < -0.39 is 6.10 Å². The molecule has 0 heterocycles. The van der Waals surface area contributed by atoms with Crippen molar-refractivity contribution in [2.24, 2.45) is 0 Å². The molecule has 0 spiro atoms. The Kier molecular flexibility index (Phi) is 4.20. The third kappa shape index (κ3) is 6.12. The van der Waals surface area contributed by atoms with Gasteiger partial charge >= 0.3 is 5.97 Å². The molecule has 0 aromatic carbocycles. The Morgan fingerprint density at radius 3 is 2.33 bits per heavy atom. The van der Waals surface area contributed by atoms with Crippen molar-refractivity contribution in [2.45, 2.75) is 12.5 Å². The Morgan fingerprint density at radius 1 is 1.50 bits per heavy atom. The standard InChI is InChI=1S/C8H18NO3/c1-9(2,3)6-7(10)5-8(11)12-4/h7,10H,5-6H2,1-4H3/q+1/t7-/m1/s1. The largest absolute Gasteiger partial charge is 0.469 e. The Labute approximate surface area is 73.3 Å². The van der Waals surface area contributed by atoms with Gasteiger partial charge in [0.15, 0.2) is 0 Å². The highest BCUT2D eigenvalue weighted by Gasteiger charge is 2.18. The second-order valence-electron chi connectivity index (χ2n) is 3.91. The molecule has 12 heavy (non-hydrogen) atoms. The van der Waals surface area contributed by atoms with Crippen LogP contribution in [-0.4, -0.2) is 56.5 Å². The van der Waals surface area contributed by atoms with Gasteiger partial charge in [-0.15, -0.1) is 0 Å². The zero-order valence-electron chi connectivity index (χ0n) is 8.20. The summed E-state index contributed by atoms with van der Waals surface area (Å²) >= 11 is 0. The first kappa shape index (κ1) is 11.4. The van der Waals surface area contributed by atoms with Crippen molar-refractivity contribution in [3.63, 3.8) is 0 Å². The number of rotatable bonds is 4. The van der Waals surface area contributed by atoms with E-state index in [1.54, 1.807) is 0 Å². The molecule has 0 saturated carbocycles.